The van der Waals surface area contributed by atoms with E-state index in [9.17, 15) is 4.79 Å². The fraction of sp³-hybridized carbons (Fsp3) is 0.750. The van der Waals surface area contributed by atoms with Crippen LogP contribution in [0.1, 0.15) is 54.7 Å². The van der Waals surface area contributed by atoms with Gasteiger partial charge in [0.2, 0.25) is 0 Å². The number of nitrogens with zero attached hydrogens (tertiary/aromatic N) is 3. The minimum Gasteiger partial charge on any atom is -0.385 e. The van der Waals surface area contributed by atoms with Crippen LogP contribution in [0.5, 0.6) is 0 Å². The molecule has 3 aliphatic carbocycles. The summed E-state index contributed by atoms with van der Waals surface area (Å²) in [7, 11) is 1.72. The van der Waals surface area contributed by atoms with Gasteiger partial charge in [-0.25, -0.2) is 4.98 Å². The Morgan fingerprint density at radius 1 is 1.20 bits per heavy atom. The quantitative estimate of drug-likeness (QED) is 0.745. The number of rotatable bonds is 6. The topological polar surface area (TPSA) is 55.3 Å². The van der Waals surface area contributed by atoms with E-state index < -0.39 is 0 Å². The van der Waals surface area contributed by atoms with E-state index in [1.165, 1.54) is 32.1 Å². The molecule has 0 saturated heterocycles. The Morgan fingerprint density at radius 2 is 2.04 bits per heavy atom. The molecule has 0 spiro atoms. The van der Waals surface area contributed by atoms with E-state index in [1.807, 2.05) is 6.92 Å². The molecule has 0 N–H and O–H groups in total. The maximum atomic E-state index is 13.2. The standard InChI is InChI=1S/C20H29N3O2/c1-13-11-22-18(12-21-13)20(24)23(7-4-8-25-2)19-10-14-9-17(19)16-6-3-5-15(14)16/h11-12,14-17,19H,3-10H2,1-2H3. The van der Waals surface area contributed by atoms with Crippen molar-refractivity contribution < 1.29 is 9.53 Å². The van der Waals surface area contributed by atoms with Crippen LogP contribution in [0.3, 0.4) is 0 Å². The van der Waals surface area contributed by atoms with Crippen molar-refractivity contribution >= 4 is 5.91 Å². The summed E-state index contributed by atoms with van der Waals surface area (Å²) < 4.78 is 5.22. The van der Waals surface area contributed by atoms with Gasteiger partial charge in [0.05, 0.1) is 11.9 Å². The Morgan fingerprint density at radius 3 is 2.80 bits per heavy atom. The molecule has 0 aliphatic heterocycles. The number of carbonyl (C=O) groups excluding carboxylic acids is 1. The van der Waals surface area contributed by atoms with E-state index in [-0.39, 0.29) is 5.91 Å². The molecule has 1 aromatic heterocycles. The maximum absolute atomic E-state index is 13.2. The molecule has 1 heterocycles. The summed E-state index contributed by atoms with van der Waals surface area (Å²) in [5.74, 6) is 3.38. The van der Waals surface area contributed by atoms with Crippen LogP contribution in [0.15, 0.2) is 12.4 Å². The van der Waals surface area contributed by atoms with Gasteiger partial charge in [-0.05, 0) is 62.7 Å². The highest BCUT2D eigenvalue weighted by Crippen LogP contribution is 2.59. The average molecular weight is 343 g/mol. The SMILES string of the molecule is COCCCN(C(=O)c1cnc(C)cn1)C1CC2CC1C1CCCC21. The summed E-state index contributed by atoms with van der Waals surface area (Å²) in [5, 5.41) is 0. The fourth-order valence-corrected chi connectivity index (χ4v) is 5.84. The fourth-order valence-electron chi connectivity index (χ4n) is 5.84. The lowest BCUT2D eigenvalue weighted by Crippen LogP contribution is -2.47. The molecule has 1 aromatic rings. The van der Waals surface area contributed by atoms with Crippen LogP contribution in [0.2, 0.25) is 0 Å². The van der Waals surface area contributed by atoms with E-state index >= 15 is 0 Å². The van der Waals surface area contributed by atoms with Crippen LogP contribution in [-0.2, 0) is 4.74 Å². The maximum Gasteiger partial charge on any atom is 0.274 e. The summed E-state index contributed by atoms with van der Waals surface area (Å²) >= 11 is 0. The highest BCUT2D eigenvalue weighted by Gasteiger charge is 2.55. The second kappa shape index (κ2) is 7.02. The lowest BCUT2D eigenvalue weighted by Gasteiger charge is -2.39. The normalized spacial score (nSPS) is 32.8. The van der Waals surface area contributed by atoms with Gasteiger partial charge in [0.15, 0.2) is 0 Å². The van der Waals surface area contributed by atoms with E-state index in [2.05, 4.69) is 14.9 Å². The molecule has 1 amide bonds. The van der Waals surface area contributed by atoms with Gasteiger partial charge < -0.3 is 9.64 Å². The van der Waals surface area contributed by atoms with Crippen LogP contribution in [0.4, 0.5) is 0 Å². The number of fused-ring (bicyclic) bond motifs is 5. The van der Waals surface area contributed by atoms with Gasteiger partial charge in [0.1, 0.15) is 5.69 Å². The zero-order valence-corrected chi connectivity index (χ0v) is 15.4. The van der Waals surface area contributed by atoms with E-state index in [0.717, 1.165) is 36.4 Å². The molecular formula is C20H29N3O2. The van der Waals surface area contributed by atoms with Crippen molar-refractivity contribution in [1.82, 2.24) is 14.9 Å². The van der Waals surface area contributed by atoms with Crippen molar-refractivity contribution in [3.63, 3.8) is 0 Å². The molecule has 0 radical (unpaired) electrons. The van der Waals surface area contributed by atoms with Crippen LogP contribution < -0.4 is 0 Å². The van der Waals surface area contributed by atoms with Crippen LogP contribution >= 0.6 is 0 Å². The van der Waals surface area contributed by atoms with Gasteiger partial charge >= 0.3 is 0 Å². The van der Waals surface area contributed by atoms with Gasteiger partial charge in [-0.2, -0.15) is 0 Å². The van der Waals surface area contributed by atoms with Crippen LogP contribution in [0.25, 0.3) is 0 Å². The van der Waals surface area contributed by atoms with Crippen molar-refractivity contribution in [3.05, 3.63) is 23.8 Å². The van der Waals surface area contributed by atoms with Gasteiger partial charge in [-0.3, -0.25) is 9.78 Å². The molecule has 5 unspecified atom stereocenters. The summed E-state index contributed by atoms with van der Waals surface area (Å²) in [5.41, 5.74) is 1.32. The van der Waals surface area contributed by atoms with Crippen molar-refractivity contribution in [2.75, 3.05) is 20.3 Å². The lowest BCUT2D eigenvalue weighted by atomic mass is 9.78. The Labute approximate surface area is 150 Å². The number of ether oxygens (including phenoxy) is 1. The zero-order valence-electron chi connectivity index (χ0n) is 15.4. The van der Waals surface area contributed by atoms with Crippen LogP contribution in [-0.4, -0.2) is 47.1 Å². The van der Waals surface area contributed by atoms with Crippen molar-refractivity contribution in [2.24, 2.45) is 23.7 Å². The predicted octanol–water partition coefficient (Wildman–Crippen LogP) is 3.09. The first-order valence-electron chi connectivity index (χ1n) is 9.77. The number of aryl methyl sites for hydroxylation is 1. The van der Waals surface area contributed by atoms with Crippen molar-refractivity contribution in [2.45, 2.75) is 51.5 Å². The summed E-state index contributed by atoms with van der Waals surface area (Å²) in [6, 6.07) is 0.386. The summed E-state index contributed by atoms with van der Waals surface area (Å²) in [6.45, 7) is 3.34. The Balaban J connectivity index is 1.54. The van der Waals surface area contributed by atoms with E-state index in [4.69, 9.17) is 4.74 Å². The molecule has 5 atom stereocenters. The summed E-state index contributed by atoms with van der Waals surface area (Å²) in [6.07, 6.45) is 10.9. The minimum absolute atomic E-state index is 0.0516. The minimum atomic E-state index is 0.0516. The van der Waals surface area contributed by atoms with Crippen molar-refractivity contribution in [1.29, 1.82) is 0 Å². The molecule has 3 fully saturated rings. The number of hydrogen-bond acceptors (Lipinski definition) is 4. The van der Waals surface area contributed by atoms with Gasteiger partial charge in [0, 0.05) is 32.5 Å². The monoisotopic (exact) mass is 343 g/mol. The summed E-state index contributed by atoms with van der Waals surface area (Å²) in [4.78, 5) is 23.9. The molecule has 3 aliphatic rings. The first-order chi connectivity index (χ1) is 12.2. The average Bonchev–Trinajstić information content (AvgIpc) is 3.31. The van der Waals surface area contributed by atoms with Crippen molar-refractivity contribution in [3.8, 4) is 0 Å². The number of methoxy groups -OCH3 is 1. The first kappa shape index (κ1) is 17.0. The Hall–Kier alpha value is -1.49. The molecule has 25 heavy (non-hydrogen) atoms. The van der Waals surface area contributed by atoms with Gasteiger partial charge in [-0.15, -0.1) is 0 Å². The number of amides is 1. The van der Waals surface area contributed by atoms with Gasteiger partial charge in [-0.1, -0.05) is 6.42 Å². The van der Waals surface area contributed by atoms with Gasteiger partial charge in [0.25, 0.3) is 5.91 Å². The largest absolute Gasteiger partial charge is 0.385 e. The third-order valence-corrected chi connectivity index (χ3v) is 6.80. The lowest BCUT2D eigenvalue weighted by molar-refractivity contribution is 0.0487. The van der Waals surface area contributed by atoms with Crippen LogP contribution in [0, 0.1) is 30.6 Å². The molecule has 5 nitrogen and oxygen atoms in total. The molecule has 5 heteroatoms. The highest BCUT2D eigenvalue weighted by atomic mass is 16.5. The molecule has 2 bridgehead atoms. The molecule has 136 valence electrons. The zero-order chi connectivity index (χ0) is 17.4. The molecule has 3 saturated carbocycles. The highest BCUT2D eigenvalue weighted by molar-refractivity contribution is 5.92. The predicted molar refractivity (Wildman–Crippen MR) is 95.1 cm³/mol. The van der Waals surface area contributed by atoms with E-state index in [1.54, 1.807) is 19.5 Å². The number of aromatic nitrogens is 2. The Kier molecular flexibility index (Phi) is 4.76. The molecular weight excluding hydrogens is 314 g/mol. The Bertz CT molecular complexity index is 618. The second-order valence-electron chi connectivity index (χ2n) is 8.11. The third kappa shape index (κ3) is 3.07. The first-order valence-corrected chi connectivity index (χ1v) is 9.77. The third-order valence-electron chi connectivity index (χ3n) is 6.80. The number of carbonyl (C=O) groups is 1. The molecule has 4 rings (SSSR count). The smallest absolute Gasteiger partial charge is 0.274 e. The molecule has 0 aromatic carbocycles. The second-order valence-corrected chi connectivity index (χ2v) is 8.11. The van der Waals surface area contributed by atoms with E-state index in [0.29, 0.717) is 24.3 Å². The number of hydrogen-bond donors (Lipinski definition) is 0.